The van der Waals surface area contributed by atoms with Crippen molar-refractivity contribution in [1.29, 1.82) is 0 Å². The van der Waals surface area contributed by atoms with Crippen LogP contribution in [0.25, 0.3) is 0 Å². The van der Waals surface area contributed by atoms with E-state index in [4.69, 9.17) is 21.1 Å². The largest absolute Gasteiger partial charge is 0.493 e. The van der Waals surface area contributed by atoms with Gasteiger partial charge >= 0.3 is 0 Å². The maximum absolute atomic E-state index is 13.1. The summed E-state index contributed by atoms with van der Waals surface area (Å²) in [7, 11) is 1.79. The number of nitrogens with zero attached hydrogens (tertiary/aromatic N) is 4. The van der Waals surface area contributed by atoms with Gasteiger partial charge in [0.2, 0.25) is 5.91 Å². The van der Waals surface area contributed by atoms with Gasteiger partial charge in [0, 0.05) is 56.3 Å². The minimum absolute atomic E-state index is 0.0719. The minimum atomic E-state index is -0.337. The van der Waals surface area contributed by atoms with E-state index < -0.39 is 0 Å². The van der Waals surface area contributed by atoms with Crippen LogP contribution in [0.5, 0.6) is 5.75 Å². The zero-order valence-electron chi connectivity index (χ0n) is 18.3. The Kier molecular flexibility index (Phi) is 7.01. The summed E-state index contributed by atoms with van der Waals surface area (Å²) in [6, 6.07) is 8.97. The van der Waals surface area contributed by atoms with Crippen molar-refractivity contribution in [2.45, 2.75) is 19.3 Å². The van der Waals surface area contributed by atoms with Gasteiger partial charge in [-0.05, 0) is 43.2 Å². The molecule has 0 N–H and O–H groups in total. The fourth-order valence-electron chi connectivity index (χ4n) is 4.26. The third-order valence-electron chi connectivity index (χ3n) is 6.29. The number of carbonyl (C=O) groups excluding carboxylic acids is 2. The molecule has 4 rings (SSSR count). The molecule has 3 heterocycles. The summed E-state index contributed by atoms with van der Waals surface area (Å²) >= 11 is 5.98. The highest BCUT2D eigenvalue weighted by Crippen LogP contribution is 2.37. The lowest BCUT2D eigenvalue weighted by Crippen LogP contribution is -2.49. The Morgan fingerprint density at radius 1 is 1.06 bits per heavy atom. The molecule has 0 saturated carbocycles. The smallest absolute Gasteiger partial charge is 0.274 e. The number of ether oxygens (including phenoxy) is 2. The van der Waals surface area contributed by atoms with Gasteiger partial charge in [0.25, 0.3) is 5.91 Å². The Balaban J connectivity index is 1.44. The first-order valence-electron chi connectivity index (χ1n) is 11.0. The summed E-state index contributed by atoms with van der Waals surface area (Å²) < 4.78 is 13.1. The quantitative estimate of drug-likeness (QED) is 0.662. The molecule has 2 amide bonds. The predicted molar refractivity (Wildman–Crippen MR) is 120 cm³/mol. The molecule has 2 fully saturated rings. The summed E-state index contributed by atoms with van der Waals surface area (Å²) in [6.45, 7) is 3.94. The fourth-order valence-corrected chi connectivity index (χ4v) is 4.39. The molecule has 0 aliphatic carbocycles. The molecule has 2 aliphatic heterocycles. The predicted octanol–water partition coefficient (Wildman–Crippen LogP) is 2.62. The number of hydrogen-bond donors (Lipinski definition) is 0. The van der Waals surface area contributed by atoms with Gasteiger partial charge in [-0.25, -0.2) is 0 Å². The Bertz CT molecular complexity index is 932. The maximum atomic E-state index is 13.1. The molecule has 32 heavy (non-hydrogen) atoms. The van der Waals surface area contributed by atoms with Crippen molar-refractivity contribution in [3.8, 4) is 5.75 Å². The van der Waals surface area contributed by atoms with E-state index in [1.165, 1.54) is 0 Å². The van der Waals surface area contributed by atoms with Crippen LogP contribution in [-0.2, 0) is 16.6 Å². The van der Waals surface area contributed by atoms with Crippen LogP contribution in [-0.4, -0.2) is 77.4 Å². The molecule has 1 aromatic carbocycles. The van der Waals surface area contributed by atoms with E-state index in [1.807, 2.05) is 21.9 Å². The van der Waals surface area contributed by atoms with Crippen molar-refractivity contribution in [3.05, 3.63) is 47.2 Å². The normalized spacial score (nSPS) is 18.4. The topological polar surface area (TPSA) is 76.9 Å². The van der Waals surface area contributed by atoms with E-state index in [0.29, 0.717) is 76.0 Å². The molecule has 8 nitrogen and oxygen atoms in total. The SMILES string of the molecule is Cn1ccc(C(=O)N2CCC(COc3ccc(Cl)cc3)(CC(=O)N3CCOCC3)CC2)n1. The summed E-state index contributed by atoms with van der Waals surface area (Å²) in [6.07, 6.45) is 3.54. The Hall–Kier alpha value is -2.58. The molecule has 0 spiro atoms. The number of likely N-dealkylation sites (tertiary alicyclic amines) is 1. The van der Waals surface area contributed by atoms with Crippen LogP contribution in [0.1, 0.15) is 29.8 Å². The number of morpholine rings is 1. The van der Waals surface area contributed by atoms with E-state index in [-0.39, 0.29) is 17.2 Å². The third-order valence-corrected chi connectivity index (χ3v) is 6.54. The second-order valence-corrected chi connectivity index (χ2v) is 9.02. The molecule has 172 valence electrons. The van der Waals surface area contributed by atoms with Crippen molar-refractivity contribution in [3.63, 3.8) is 0 Å². The zero-order valence-corrected chi connectivity index (χ0v) is 19.1. The number of halogens is 1. The van der Waals surface area contributed by atoms with E-state index in [1.54, 1.807) is 36.1 Å². The molecular formula is C23H29ClN4O4. The highest BCUT2D eigenvalue weighted by Gasteiger charge is 2.40. The lowest BCUT2D eigenvalue weighted by atomic mass is 9.75. The van der Waals surface area contributed by atoms with Gasteiger partial charge in [-0.3, -0.25) is 14.3 Å². The van der Waals surface area contributed by atoms with Crippen LogP contribution >= 0.6 is 11.6 Å². The number of aromatic nitrogens is 2. The molecule has 0 unspecified atom stereocenters. The molecule has 0 radical (unpaired) electrons. The van der Waals surface area contributed by atoms with Gasteiger partial charge in [0.15, 0.2) is 0 Å². The Labute approximate surface area is 193 Å². The zero-order chi connectivity index (χ0) is 22.6. The number of rotatable bonds is 6. The Morgan fingerprint density at radius 2 is 1.75 bits per heavy atom. The van der Waals surface area contributed by atoms with Crippen LogP contribution < -0.4 is 4.74 Å². The van der Waals surface area contributed by atoms with Crippen LogP contribution in [0.2, 0.25) is 5.02 Å². The van der Waals surface area contributed by atoms with E-state index >= 15 is 0 Å². The van der Waals surface area contributed by atoms with Crippen molar-refractivity contribution < 1.29 is 19.1 Å². The van der Waals surface area contributed by atoms with E-state index in [9.17, 15) is 9.59 Å². The van der Waals surface area contributed by atoms with Crippen LogP contribution in [0.15, 0.2) is 36.5 Å². The summed E-state index contributed by atoms with van der Waals surface area (Å²) in [5.74, 6) is 0.773. The fraction of sp³-hybridized carbons (Fsp3) is 0.522. The van der Waals surface area contributed by atoms with Crippen molar-refractivity contribution in [1.82, 2.24) is 19.6 Å². The standard InChI is InChI=1S/C23H29ClN4O4/c1-26-9-6-20(25-26)22(30)28-10-7-23(8-11-28,16-21(29)27-12-14-31-15-13-27)17-32-19-4-2-18(24)3-5-19/h2-6,9H,7-8,10-17H2,1H3. The van der Waals surface area contributed by atoms with E-state index in [0.717, 1.165) is 5.75 Å². The molecule has 0 atom stereocenters. The first-order chi connectivity index (χ1) is 15.4. The number of benzene rings is 1. The van der Waals surface area contributed by atoms with Gasteiger partial charge in [-0.15, -0.1) is 0 Å². The van der Waals surface area contributed by atoms with Crippen molar-refractivity contribution in [2.75, 3.05) is 46.0 Å². The number of hydrogen-bond acceptors (Lipinski definition) is 5. The van der Waals surface area contributed by atoms with Gasteiger partial charge in [0.1, 0.15) is 11.4 Å². The van der Waals surface area contributed by atoms with Gasteiger partial charge in [-0.1, -0.05) is 11.6 Å². The number of aryl methyl sites for hydroxylation is 1. The van der Waals surface area contributed by atoms with Gasteiger partial charge < -0.3 is 19.3 Å². The summed E-state index contributed by atoms with van der Waals surface area (Å²) in [5.41, 5.74) is 0.109. The molecule has 9 heteroatoms. The molecule has 2 saturated heterocycles. The first-order valence-corrected chi connectivity index (χ1v) is 11.3. The minimum Gasteiger partial charge on any atom is -0.493 e. The van der Waals surface area contributed by atoms with Crippen LogP contribution in [0.4, 0.5) is 0 Å². The van der Waals surface area contributed by atoms with Crippen LogP contribution in [0.3, 0.4) is 0 Å². The highest BCUT2D eigenvalue weighted by molar-refractivity contribution is 6.30. The monoisotopic (exact) mass is 460 g/mol. The first kappa shape index (κ1) is 22.6. The average Bonchev–Trinajstić information content (AvgIpc) is 3.26. The second kappa shape index (κ2) is 9.92. The molecule has 2 aliphatic rings. The molecule has 0 bridgehead atoms. The van der Waals surface area contributed by atoms with Crippen LogP contribution in [0, 0.1) is 5.41 Å². The molecule has 2 aromatic rings. The van der Waals surface area contributed by atoms with Gasteiger partial charge in [0.05, 0.1) is 19.8 Å². The van der Waals surface area contributed by atoms with E-state index in [2.05, 4.69) is 5.10 Å². The van der Waals surface area contributed by atoms with Gasteiger partial charge in [-0.2, -0.15) is 5.10 Å². The van der Waals surface area contributed by atoms with Crippen molar-refractivity contribution >= 4 is 23.4 Å². The number of amides is 2. The summed E-state index contributed by atoms with van der Waals surface area (Å²) in [4.78, 5) is 29.6. The maximum Gasteiger partial charge on any atom is 0.274 e. The summed E-state index contributed by atoms with van der Waals surface area (Å²) in [5, 5.41) is 4.88. The lowest BCUT2D eigenvalue weighted by Gasteiger charge is -2.42. The van der Waals surface area contributed by atoms with Crippen molar-refractivity contribution in [2.24, 2.45) is 12.5 Å². The number of piperidine rings is 1. The number of carbonyl (C=O) groups is 2. The highest BCUT2D eigenvalue weighted by atomic mass is 35.5. The Morgan fingerprint density at radius 3 is 2.38 bits per heavy atom. The molecule has 1 aromatic heterocycles. The lowest BCUT2D eigenvalue weighted by molar-refractivity contribution is -0.139. The average molecular weight is 461 g/mol. The third kappa shape index (κ3) is 5.42. The second-order valence-electron chi connectivity index (χ2n) is 8.58. The molecular weight excluding hydrogens is 432 g/mol.